The number of nitrogens with one attached hydrogen (secondary N) is 1. The van der Waals surface area contributed by atoms with E-state index < -0.39 is 0 Å². The number of rotatable bonds is 3. The Morgan fingerprint density at radius 3 is 2.81 bits per heavy atom. The molecule has 1 aromatic rings. The number of amides is 1. The Morgan fingerprint density at radius 2 is 2.25 bits per heavy atom. The normalized spacial score (nSPS) is 10.9. The summed E-state index contributed by atoms with van der Waals surface area (Å²) in [5, 5.41) is 6.75. The molecule has 0 atom stereocenters. The number of aromatic nitrogens is 2. The minimum Gasteiger partial charge on any atom is -0.350 e. The summed E-state index contributed by atoms with van der Waals surface area (Å²) in [6.07, 6.45) is 5.64. The first-order valence-corrected chi connectivity index (χ1v) is 5.78. The van der Waals surface area contributed by atoms with Crippen molar-refractivity contribution in [1.29, 1.82) is 0 Å². The van der Waals surface area contributed by atoms with Crippen LogP contribution in [0.4, 0.5) is 0 Å². The largest absolute Gasteiger partial charge is 0.350 e. The minimum atomic E-state index is -0.175. The molecule has 0 radical (unpaired) electrons. The van der Waals surface area contributed by atoms with Crippen molar-refractivity contribution in [2.75, 3.05) is 6.54 Å². The van der Waals surface area contributed by atoms with Gasteiger partial charge in [0.15, 0.2) is 0 Å². The van der Waals surface area contributed by atoms with Gasteiger partial charge < -0.3 is 5.32 Å². The van der Waals surface area contributed by atoms with Crippen molar-refractivity contribution in [2.24, 2.45) is 0 Å². The average Bonchev–Trinajstić information content (AvgIpc) is 2.65. The number of carbonyl (C=O) groups excluding carboxylic acids is 1. The molecular weight excluding hydrogens is 222 g/mol. The van der Waals surface area contributed by atoms with Crippen LogP contribution >= 0.6 is 11.5 Å². The van der Waals surface area contributed by atoms with Crippen LogP contribution < -0.4 is 5.32 Å². The Kier molecular flexibility index (Phi) is 4.02. The first-order valence-electron chi connectivity index (χ1n) is 5.01. The maximum Gasteiger partial charge on any atom is 0.265 e. The molecule has 16 heavy (non-hydrogen) atoms. The second-order valence-corrected chi connectivity index (χ2v) is 5.16. The van der Waals surface area contributed by atoms with E-state index in [0.29, 0.717) is 17.8 Å². The lowest BCUT2D eigenvalue weighted by Crippen LogP contribution is -2.26. The molecule has 1 amide bonds. The predicted octanol–water partition coefficient (Wildman–Crippen LogP) is 1.59. The van der Waals surface area contributed by atoms with Crippen LogP contribution in [0, 0.1) is 12.3 Å². The molecular formula is C11H15N3OS. The molecule has 0 saturated carbocycles. The second-order valence-electron chi connectivity index (χ2n) is 4.41. The number of nitrogens with zero attached hydrogens (tertiary/aromatic N) is 2. The highest BCUT2D eigenvalue weighted by molar-refractivity contribution is 7.08. The van der Waals surface area contributed by atoms with Gasteiger partial charge in [0.05, 0.1) is 5.69 Å². The molecule has 0 bridgehead atoms. The summed E-state index contributed by atoms with van der Waals surface area (Å²) in [5.74, 6) is 2.33. The molecule has 0 aromatic carbocycles. The third kappa shape index (κ3) is 3.04. The van der Waals surface area contributed by atoms with E-state index in [-0.39, 0.29) is 11.3 Å². The molecule has 0 aliphatic heterocycles. The van der Waals surface area contributed by atoms with Gasteiger partial charge in [0.2, 0.25) is 0 Å². The van der Waals surface area contributed by atoms with Gasteiger partial charge in [0, 0.05) is 18.4 Å². The van der Waals surface area contributed by atoms with Gasteiger partial charge in [0.25, 0.3) is 5.91 Å². The molecule has 4 nitrogen and oxygen atoms in total. The van der Waals surface area contributed by atoms with Crippen LogP contribution in [0.2, 0.25) is 0 Å². The van der Waals surface area contributed by atoms with Crippen LogP contribution in [0.1, 0.15) is 42.6 Å². The Balaban J connectivity index is 2.77. The van der Waals surface area contributed by atoms with E-state index in [4.69, 9.17) is 6.42 Å². The van der Waals surface area contributed by atoms with E-state index in [0.717, 1.165) is 17.2 Å². The number of terminal acetylenes is 1. The summed E-state index contributed by atoms with van der Waals surface area (Å²) in [4.78, 5) is 12.4. The van der Waals surface area contributed by atoms with E-state index in [1.54, 1.807) is 0 Å². The highest BCUT2D eigenvalue weighted by atomic mass is 32.1. The van der Waals surface area contributed by atoms with Gasteiger partial charge >= 0.3 is 0 Å². The van der Waals surface area contributed by atoms with Crippen LogP contribution in [-0.4, -0.2) is 22.0 Å². The summed E-state index contributed by atoms with van der Waals surface area (Å²) in [6, 6.07) is 0. The molecule has 0 saturated heterocycles. The Morgan fingerprint density at radius 1 is 1.56 bits per heavy atom. The minimum absolute atomic E-state index is 0.143. The molecule has 0 aliphatic rings. The molecule has 1 N–H and O–H groups in total. The zero-order valence-corrected chi connectivity index (χ0v) is 10.5. The van der Waals surface area contributed by atoms with Crippen molar-refractivity contribution < 1.29 is 4.79 Å². The predicted molar refractivity (Wildman–Crippen MR) is 64.4 cm³/mol. The standard InChI is InChI=1S/C11H15N3OS/c1-5-6-7-12-10(15)8-9(11(2,3)4)13-14-16-8/h1H,6-7H2,2-4H3,(H,12,15). The van der Waals surface area contributed by atoms with Crippen LogP contribution in [0.3, 0.4) is 0 Å². The highest BCUT2D eigenvalue weighted by Gasteiger charge is 2.25. The molecule has 5 heteroatoms. The average molecular weight is 237 g/mol. The van der Waals surface area contributed by atoms with Crippen molar-refractivity contribution in [3.8, 4) is 12.3 Å². The molecule has 0 unspecified atom stereocenters. The first-order chi connectivity index (χ1) is 7.46. The Labute approximate surface area is 99.6 Å². The van der Waals surface area contributed by atoms with Crippen molar-refractivity contribution in [3.05, 3.63) is 10.6 Å². The first kappa shape index (κ1) is 12.7. The van der Waals surface area contributed by atoms with Gasteiger partial charge in [-0.2, -0.15) is 0 Å². The topological polar surface area (TPSA) is 54.9 Å². The summed E-state index contributed by atoms with van der Waals surface area (Å²) < 4.78 is 3.83. The molecule has 1 heterocycles. The fourth-order valence-corrected chi connectivity index (χ4v) is 1.95. The summed E-state index contributed by atoms with van der Waals surface area (Å²) in [6.45, 7) is 6.49. The van der Waals surface area contributed by atoms with Crippen LogP contribution in [0.15, 0.2) is 0 Å². The number of carbonyl (C=O) groups is 1. The highest BCUT2D eigenvalue weighted by Crippen LogP contribution is 2.25. The summed E-state index contributed by atoms with van der Waals surface area (Å²) >= 11 is 1.12. The fraction of sp³-hybridized carbons (Fsp3) is 0.545. The number of hydrogen-bond donors (Lipinski definition) is 1. The van der Waals surface area contributed by atoms with E-state index >= 15 is 0 Å². The van der Waals surface area contributed by atoms with Crippen molar-refractivity contribution in [3.63, 3.8) is 0 Å². The lowest BCUT2D eigenvalue weighted by molar-refractivity contribution is 0.0956. The smallest absolute Gasteiger partial charge is 0.265 e. The van der Waals surface area contributed by atoms with E-state index in [9.17, 15) is 4.79 Å². The van der Waals surface area contributed by atoms with Crippen molar-refractivity contribution in [1.82, 2.24) is 14.9 Å². The zero-order valence-electron chi connectivity index (χ0n) is 9.70. The molecule has 1 aromatic heterocycles. The maximum atomic E-state index is 11.8. The van der Waals surface area contributed by atoms with Gasteiger partial charge in [-0.3, -0.25) is 4.79 Å². The zero-order chi connectivity index (χ0) is 12.2. The summed E-state index contributed by atoms with van der Waals surface area (Å²) in [5.41, 5.74) is 0.557. The van der Waals surface area contributed by atoms with E-state index in [2.05, 4.69) is 20.8 Å². The maximum absolute atomic E-state index is 11.8. The Hall–Kier alpha value is -1.41. The van der Waals surface area contributed by atoms with Crippen LogP contribution in [0.5, 0.6) is 0 Å². The van der Waals surface area contributed by atoms with Gasteiger partial charge in [-0.15, -0.1) is 17.4 Å². The van der Waals surface area contributed by atoms with Crippen molar-refractivity contribution in [2.45, 2.75) is 32.6 Å². The third-order valence-corrected chi connectivity index (χ3v) is 2.68. The van der Waals surface area contributed by atoms with Gasteiger partial charge in [0.1, 0.15) is 4.88 Å². The van der Waals surface area contributed by atoms with Crippen LogP contribution in [0.25, 0.3) is 0 Å². The molecule has 0 fully saturated rings. The molecule has 86 valence electrons. The second kappa shape index (κ2) is 5.08. The van der Waals surface area contributed by atoms with E-state index in [1.165, 1.54) is 0 Å². The lowest BCUT2D eigenvalue weighted by Gasteiger charge is -2.15. The monoisotopic (exact) mass is 237 g/mol. The summed E-state index contributed by atoms with van der Waals surface area (Å²) in [7, 11) is 0. The van der Waals surface area contributed by atoms with Gasteiger partial charge in [-0.1, -0.05) is 25.3 Å². The molecule has 0 aliphatic carbocycles. The van der Waals surface area contributed by atoms with Crippen LogP contribution in [-0.2, 0) is 5.41 Å². The lowest BCUT2D eigenvalue weighted by atomic mass is 9.91. The van der Waals surface area contributed by atoms with E-state index in [1.807, 2.05) is 20.8 Å². The van der Waals surface area contributed by atoms with Gasteiger partial charge in [-0.25, -0.2) is 0 Å². The molecule has 1 rings (SSSR count). The SMILES string of the molecule is C#CCCNC(=O)c1snnc1C(C)(C)C. The van der Waals surface area contributed by atoms with Gasteiger partial charge in [-0.05, 0) is 11.5 Å². The fourth-order valence-electron chi connectivity index (χ4n) is 1.16. The number of hydrogen-bond acceptors (Lipinski definition) is 4. The molecule has 0 spiro atoms. The quantitative estimate of drug-likeness (QED) is 0.641. The Bertz CT molecular complexity index is 412. The third-order valence-electron chi connectivity index (χ3n) is 1.96. The van der Waals surface area contributed by atoms with Crippen molar-refractivity contribution >= 4 is 17.4 Å².